The minimum Gasteiger partial charge on any atom is -0.378 e. The van der Waals surface area contributed by atoms with Crippen molar-refractivity contribution in [2.75, 3.05) is 38.3 Å². The topological polar surface area (TPSA) is 80.8 Å². The van der Waals surface area contributed by atoms with E-state index in [1.54, 1.807) is 4.90 Å². The molecule has 34 heavy (non-hydrogen) atoms. The minimum absolute atomic E-state index is 0.113. The third-order valence-electron chi connectivity index (χ3n) is 6.59. The molecule has 2 aliphatic rings. The van der Waals surface area contributed by atoms with Gasteiger partial charge < -0.3 is 14.4 Å². The molecule has 1 aromatic carbocycles. The number of hydrogen-bond acceptors (Lipinski definition) is 6. The fraction of sp³-hybridized carbons (Fsp3) is 0.522. The van der Waals surface area contributed by atoms with E-state index in [9.17, 15) is 21.6 Å². The van der Waals surface area contributed by atoms with Gasteiger partial charge in [-0.3, -0.25) is 0 Å². The molecule has 186 valence electrons. The number of alkyl halides is 3. The molecule has 11 heteroatoms. The first-order valence-electron chi connectivity index (χ1n) is 11.1. The summed E-state index contributed by atoms with van der Waals surface area (Å²) in [5, 5.41) is 0. The number of rotatable bonds is 7. The highest BCUT2D eigenvalue weighted by Crippen LogP contribution is 2.38. The van der Waals surface area contributed by atoms with Gasteiger partial charge in [0.2, 0.25) is 10.0 Å². The second-order valence-electron chi connectivity index (χ2n) is 8.63. The van der Waals surface area contributed by atoms with Crippen LogP contribution in [0.2, 0.25) is 0 Å². The van der Waals surface area contributed by atoms with Crippen LogP contribution in [0.1, 0.15) is 35.6 Å². The maximum absolute atomic E-state index is 14.0. The van der Waals surface area contributed by atoms with Crippen LogP contribution in [0.5, 0.6) is 0 Å². The number of nitrogens with one attached hydrogen (secondary N) is 1. The normalized spacial score (nSPS) is 21.0. The van der Waals surface area contributed by atoms with Crippen molar-refractivity contribution in [3.8, 4) is 0 Å². The number of halogens is 3. The van der Waals surface area contributed by atoms with Crippen LogP contribution in [0.4, 0.5) is 19.0 Å². The van der Waals surface area contributed by atoms with E-state index in [0.29, 0.717) is 32.1 Å². The Balaban J connectivity index is 1.62. The summed E-state index contributed by atoms with van der Waals surface area (Å²) in [6, 6.07) is 6.51. The average molecular weight is 500 g/mol. The van der Waals surface area contributed by atoms with Crippen molar-refractivity contribution < 1.29 is 31.1 Å². The van der Waals surface area contributed by atoms with Crippen LogP contribution in [0.3, 0.4) is 0 Å². The van der Waals surface area contributed by atoms with Gasteiger partial charge in [0, 0.05) is 46.0 Å². The maximum atomic E-state index is 14.0. The largest absolute Gasteiger partial charge is 0.420 e. The lowest BCUT2D eigenvalue weighted by molar-refractivity contribution is -0.137. The van der Waals surface area contributed by atoms with E-state index in [1.165, 1.54) is 18.2 Å². The summed E-state index contributed by atoms with van der Waals surface area (Å²) >= 11 is 0. The molecule has 1 fully saturated rings. The zero-order valence-corrected chi connectivity index (χ0v) is 19.9. The average Bonchev–Trinajstić information content (AvgIpc) is 3.31. The van der Waals surface area contributed by atoms with Gasteiger partial charge in [0.1, 0.15) is 16.3 Å². The second kappa shape index (κ2) is 9.44. The van der Waals surface area contributed by atoms with Crippen molar-refractivity contribution in [2.45, 2.75) is 49.4 Å². The summed E-state index contributed by atoms with van der Waals surface area (Å²) in [5.74, 6) is -0.267. The number of benzene rings is 1. The third kappa shape index (κ3) is 4.93. The summed E-state index contributed by atoms with van der Waals surface area (Å²) in [7, 11) is -2.80. The fourth-order valence-corrected chi connectivity index (χ4v) is 5.60. The molecular formula is C23H28F3N3O4S. The van der Waals surface area contributed by atoms with E-state index in [0.717, 1.165) is 18.2 Å². The molecule has 1 atom stereocenters. The molecule has 2 aliphatic heterocycles. The van der Waals surface area contributed by atoms with Gasteiger partial charge in [-0.15, -0.1) is 0 Å². The molecule has 1 unspecified atom stereocenters. The Morgan fingerprint density at radius 2 is 2.12 bits per heavy atom. The minimum atomic E-state index is -4.77. The molecule has 7 nitrogen and oxygen atoms in total. The van der Waals surface area contributed by atoms with E-state index >= 15 is 0 Å². The predicted molar refractivity (Wildman–Crippen MR) is 120 cm³/mol. The monoisotopic (exact) mass is 499 g/mol. The Morgan fingerprint density at radius 1 is 1.32 bits per heavy atom. The van der Waals surface area contributed by atoms with Crippen LogP contribution in [0.15, 0.2) is 35.4 Å². The molecule has 0 spiro atoms. The number of anilines is 1. The molecule has 0 saturated carbocycles. The second-order valence-corrected chi connectivity index (χ2v) is 10.4. The van der Waals surface area contributed by atoms with Crippen molar-refractivity contribution in [2.24, 2.45) is 0 Å². The van der Waals surface area contributed by atoms with Crippen molar-refractivity contribution in [1.29, 1.82) is 0 Å². The van der Waals surface area contributed by atoms with Crippen LogP contribution >= 0.6 is 0 Å². The smallest absolute Gasteiger partial charge is 0.378 e. The Hall–Kier alpha value is -2.21. The van der Waals surface area contributed by atoms with Gasteiger partial charge in [-0.1, -0.05) is 25.1 Å². The highest BCUT2D eigenvalue weighted by Gasteiger charge is 2.39. The van der Waals surface area contributed by atoms with Crippen molar-refractivity contribution in [3.05, 3.63) is 52.7 Å². The predicted octanol–water partition coefficient (Wildman–Crippen LogP) is 3.31. The molecular weight excluding hydrogens is 471 g/mol. The van der Waals surface area contributed by atoms with E-state index in [-0.39, 0.29) is 25.5 Å². The van der Waals surface area contributed by atoms with Crippen molar-refractivity contribution >= 4 is 15.8 Å². The van der Waals surface area contributed by atoms with Gasteiger partial charge in [0.25, 0.3) is 0 Å². The van der Waals surface area contributed by atoms with Gasteiger partial charge in [0.05, 0.1) is 12.2 Å². The molecule has 0 radical (unpaired) electrons. The van der Waals surface area contributed by atoms with E-state index in [1.807, 2.05) is 25.1 Å². The Morgan fingerprint density at radius 3 is 2.76 bits per heavy atom. The third-order valence-corrected chi connectivity index (χ3v) is 7.95. The molecule has 4 rings (SSSR count). The first-order valence-corrected chi connectivity index (χ1v) is 12.6. The number of aryl methyl sites for hydroxylation is 1. The van der Waals surface area contributed by atoms with Crippen LogP contribution in [0.25, 0.3) is 0 Å². The number of pyridine rings is 1. The van der Waals surface area contributed by atoms with Crippen LogP contribution in [-0.4, -0.2) is 52.4 Å². The van der Waals surface area contributed by atoms with Gasteiger partial charge in [0.15, 0.2) is 0 Å². The zero-order chi connectivity index (χ0) is 24.6. The lowest BCUT2D eigenvalue weighted by Crippen LogP contribution is -2.45. The first kappa shape index (κ1) is 24.9. The number of methoxy groups -OCH3 is 1. The quantitative estimate of drug-likeness (QED) is 0.630. The van der Waals surface area contributed by atoms with Gasteiger partial charge >= 0.3 is 6.18 Å². The van der Waals surface area contributed by atoms with Gasteiger partial charge in [-0.05, 0) is 35.6 Å². The van der Waals surface area contributed by atoms with Crippen LogP contribution in [-0.2, 0) is 45.1 Å². The standard InChI is InChI=1S/C23H28F3N3O4S/c1-3-16-5-4-6-17-13-29(9-7-19(16)17)21-20(23(24,25)26)11-18(12-27-21)34(30,31)28-14-22(32-2)8-10-33-15-22/h4-6,11-12,28H,3,7-10,13-15H2,1-2H3. The molecule has 1 aromatic heterocycles. The summed E-state index contributed by atoms with van der Waals surface area (Å²) in [6.45, 7) is 3.20. The van der Waals surface area contributed by atoms with E-state index in [4.69, 9.17) is 9.47 Å². The summed E-state index contributed by atoms with van der Waals surface area (Å²) in [5.41, 5.74) is 1.40. The van der Waals surface area contributed by atoms with Gasteiger partial charge in [-0.2, -0.15) is 13.2 Å². The first-order chi connectivity index (χ1) is 16.1. The Labute approximate surface area is 197 Å². The maximum Gasteiger partial charge on any atom is 0.420 e. The molecule has 0 amide bonds. The van der Waals surface area contributed by atoms with Crippen LogP contribution < -0.4 is 9.62 Å². The molecule has 1 N–H and O–H groups in total. The fourth-order valence-electron chi connectivity index (χ4n) is 4.52. The highest BCUT2D eigenvalue weighted by atomic mass is 32.2. The molecule has 0 bridgehead atoms. The SMILES string of the molecule is CCc1cccc2c1CCN(c1ncc(S(=O)(=O)NCC3(OC)CCOC3)cc1C(F)(F)F)C2. The molecule has 3 heterocycles. The van der Waals surface area contributed by atoms with Crippen LogP contribution in [0, 0.1) is 0 Å². The number of aromatic nitrogens is 1. The van der Waals surface area contributed by atoms with E-state index in [2.05, 4.69) is 9.71 Å². The highest BCUT2D eigenvalue weighted by molar-refractivity contribution is 7.89. The number of fused-ring (bicyclic) bond motifs is 1. The summed E-state index contributed by atoms with van der Waals surface area (Å²) in [4.78, 5) is 5.02. The number of hydrogen-bond donors (Lipinski definition) is 1. The molecule has 2 aromatic rings. The Bertz CT molecular complexity index is 1150. The van der Waals surface area contributed by atoms with Gasteiger partial charge in [-0.25, -0.2) is 18.1 Å². The van der Waals surface area contributed by atoms with E-state index < -0.39 is 32.3 Å². The summed E-state index contributed by atoms with van der Waals surface area (Å²) in [6.07, 6.45) is -1.86. The lowest BCUT2D eigenvalue weighted by Gasteiger charge is -2.32. The number of ether oxygens (including phenoxy) is 2. The number of sulfonamides is 1. The Kier molecular flexibility index (Phi) is 6.92. The van der Waals surface area contributed by atoms with Crippen molar-refractivity contribution in [1.82, 2.24) is 9.71 Å². The number of nitrogens with zero attached hydrogens (tertiary/aromatic N) is 2. The summed E-state index contributed by atoms with van der Waals surface area (Å²) < 4.78 is 80.7. The van der Waals surface area contributed by atoms with Crippen molar-refractivity contribution in [3.63, 3.8) is 0 Å². The molecule has 0 aliphatic carbocycles. The molecule has 1 saturated heterocycles. The lowest BCUT2D eigenvalue weighted by atomic mass is 9.93. The zero-order valence-electron chi connectivity index (χ0n) is 19.1.